The molecule has 1 fully saturated rings. The van der Waals surface area contributed by atoms with Crippen LogP contribution in [0.1, 0.15) is 54.1 Å². The van der Waals surface area contributed by atoms with E-state index in [0.717, 1.165) is 61.9 Å². The number of nitrogens with zero attached hydrogens (tertiary/aromatic N) is 1. The van der Waals surface area contributed by atoms with Gasteiger partial charge in [0.05, 0.1) is 28.4 Å². The van der Waals surface area contributed by atoms with Crippen LogP contribution in [0.25, 0.3) is 0 Å². The van der Waals surface area contributed by atoms with E-state index in [-0.39, 0.29) is 0 Å². The summed E-state index contributed by atoms with van der Waals surface area (Å²) in [5, 5.41) is 3.90. The Hall–Kier alpha value is -2.44. The summed E-state index contributed by atoms with van der Waals surface area (Å²) in [5.74, 6) is 4.50. The van der Waals surface area contributed by atoms with Crippen LogP contribution in [0.3, 0.4) is 0 Å². The van der Waals surface area contributed by atoms with Crippen molar-refractivity contribution in [2.24, 2.45) is 11.8 Å². The van der Waals surface area contributed by atoms with Crippen LogP contribution in [0.4, 0.5) is 0 Å². The van der Waals surface area contributed by atoms with E-state index in [1.807, 2.05) is 0 Å². The van der Waals surface area contributed by atoms with Crippen molar-refractivity contribution in [2.45, 2.75) is 44.7 Å². The maximum absolute atomic E-state index is 5.68. The van der Waals surface area contributed by atoms with E-state index in [0.29, 0.717) is 23.9 Å². The second-order valence-electron chi connectivity index (χ2n) is 9.82. The summed E-state index contributed by atoms with van der Waals surface area (Å²) in [6, 6.07) is 9.55. The van der Waals surface area contributed by atoms with Crippen molar-refractivity contribution in [2.75, 3.05) is 48.1 Å². The molecule has 3 aliphatic heterocycles. The Bertz CT molecular complexity index is 1040. The van der Waals surface area contributed by atoms with Crippen LogP contribution in [0.15, 0.2) is 24.3 Å². The number of nitrogens with one attached hydrogen (secondary N) is 1. The van der Waals surface area contributed by atoms with Crippen LogP contribution < -0.4 is 24.3 Å². The highest BCUT2D eigenvalue weighted by atomic mass is 16.5. The van der Waals surface area contributed by atoms with E-state index < -0.39 is 0 Å². The SMILES string of the molecule is CCC1CN2CCc3cc(OC)c(OC)cc3C2CC1C1NCCc2cc(OC)c(OC)cc21. The lowest BCUT2D eigenvalue weighted by Gasteiger charge is -2.50. The molecule has 0 bridgehead atoms. The Morgan fingerprint density at radius 2 is 1.41 bits per heavy atom. The van der Waals surface area contributed by atoms with Gasteiger partial charge in [0, 0.05) is 25.2 Å². The monoisotopic (exact) mass is 466 g/mol. The number of ether oxygens (including phenoxy) is 4. The van der Waals surface area contributed by atoms with E-state index in [2.05, 4.69) is 41.4 Å². The summed E-state index contributed by atoms with van der Waals surface area (Å²) in [6.07, 6.45) is 4.40. The van der Waals surface area contributed by atoms with E-state index >= 15 is 0 Å². The molecule has 1 N–H and O–H groups in total. The first-order valence-electron chi connectivity index (χ1n) is 12.6. The molecule has 0 amide bonds. The quantitative estimate of drug-likeness (QED) is 0.674. The van der Waals surface area contributed by atoms with Gasteiger partial charge >= 0.3 is 0 Å². The molecule has 3 aliphatic rings. The van der Waals surface area contributed by atoms with Gasteiger partial charge in [0.2, 0.25) is 0 Å². The fourth-order valence-corrected chi connectivity index (χ4v) is 6.60. The Labute approximate surface area is 203 Å². The molecule has 4 atom stereocenters. The molecule has 2 aromatic rings. The zero-order chi connectivity index (χ0) is 23.8. The minimum atomic E-state index is 0.321. The molecule has 34 heavy (non-hydrogen) atoms. The molecule has 2 aromatic carbocycles. The van der Waals surface area contributed by atoms with E-state index in [1.54, 1.807) is 28.4 Å². The number of piperidine rings is 1. The van der Waals surface area contributed by atoms with E-state index in [1.165, 1.54) is 28.7 Å². The van der Waals surface area contributed by atoms with Gasteiger partial charge in [0.25, 0.3) is 0 Å². The molecule has 6 heteroatoms. The number of benzene rings is 2. The van der Waals surface area contributed by atoms with Gasteiger partial charge < -0.3 is 24.3 Å². The zero-order valence-corrected chi connectivity index (χ0v) is 21.1. The number of methoxy groups -OCH3 is 4. The third kappa shape index (κ3) is 3.91. The van der Waals surface area contributed by atoms with Crippen molar-refractivity contribution in [1.82, 2.24) is 10.2 Å². The average molecular weight is 467 g/mol. The molecule has 3 heterocycles. The summed E-state index contributed by atoms with van der Waals surface area (Å²) in [7, 11) is 6.89. The third-order valence-corrected chi connectivity index (χ3v) is 8.38. The topological polar surface area (TPSA) is 52.2 Å². The highest BCUT2D eigenvalue weighted by Crippen LogP contribution is 2.49. The van der Waals surface area contributed by atoms with Gasteiger partial charge in [-0.05, 0) is 84.2 Å². The predicted molar refractivity (Wildman–Crippen MR) is 133 cm³/mol. The van der Waals surface area contributed by atoms with Crippen LogP contribution in [0.2, 0.25) is 0 Å². The largest absolute Gasteiger partial charge is 0.493 e. The summed E-state index contributed by atoms with van der Waals surface area (Å²) in [5.41, 5.74) is 5.57. The van der Waals surface area contributed by atoms with Crippen LogP contribution >= 0.6 is 0 Å². The highest BCUT2D eigenvalue weighted by molar-refractivity contribution is 5.51. The van der Waals surface area contributed by atoms with Crippen molar-refractivity contribution in [3.63, 3.8) is 0 Å². The molecular weight excluding hydrogens is 428 g/mol. The van der Waals surface area contributed by atoms with Gasteiger partial charge in [0.15, 0.2) is 23.0 Å². The Morgan fingerprint density at radius 1 is 0.824 bits per heavy atom. The summed E-state index contributed by atoms with van der Waals surface area (Å²) >= 11 is 0. The van der Waals surface area contributed by atoms with Crippen molar-refractivity contribution in [1.29, 1.82) is 0 Å². The smallest absolute Gasteiger partial charge is 0.161 e. The fraction of sp³-hybridized carbons (Fsp3) is 0.571. The normalized spacial score (nSPS) is 26.1. The lowest BCUT2D eigenvalue weighted by atomic mass is 9.70. The predicted octanol–water partition coefficient (Wildman–Crippen LogP) is 4.55. The Morgan fingerprint density at radius 3 is 2.03 bits per heavy atom. The molecule has 0 aliphatic carbocycles. The molecule has 0 aromatic heterocycles. The molecule has 0 saturated carbocycles. The van der Waals surface area contributed by atoms with E-state index in [4.69, 9.17) is 18.9 Å². The van der Waals surface area contributed by atoms with Crippen molar-refractivity contribution >= 4 is 0 Å². The summed E-state index contributed by atoms with van der Waals surface area (Å²) in [6.45, 7) is 5.59. The molecule has 4 unspecified atom stereocenters. The summed E-state index contributed by atoms with van der Waals surface area (Å²) in [4.78, 5) is 2.71. The Kier molecular flexibility index (Phi) is 6.63. The van der Waals surface area contributed by atoms with Gasteiger partial charge in [-0.15, -0.1) is 0 Å². The van der Waals surface area contributed by atoms with Gasteiger partial charge in [-0.1, -0.05) is 13.3 Å². The van der Waals surface area contributed by atoms with E-state index in [9.17, 15) is 0 Å². The van der Waals surface area contributed by atoms with Gasteiger partial charge in [0.1, 0.15) is 0 Å². The second-order valence-corrected chi connectivity index (χ2v) is 9.82. The first-order chi connectivity index (χ1) is 16.6. The first-order valence-corrected chi connectivity index (χ1v) is 12.6. The molecule has 0 radical (unpaired) electrons. The molecule has 0 spiro atoms. The number of rotatable bonds is 6. The maximum atomic E-state index is 5.68. The second kappa shape index (κ2) is 9.67. The van der Waals surface area contributed by atoms with Crippen molar-refractivity contribution in [3.05, 3.63) is 46.5 Å². The number of hydrogen-bond acceptors (Lipinski definition) is 6. The van der Waals surface area contributed by atoms with Crippen LogP contribution in [0.5, 0.6) is 23.0 Å². The molecule has 6 nitrogen and oxygen atoms in total. The van der Waals surface area contributed by atoms with Gasteiger partial charge in [-0.3, -0.25) is 4.90 Å². The number of fused-ring (bicyclic) bond motifs is 4. The Balaban J connectivity index is 1.52. The average Bonchev–Trinajstić information content (AvgIpc) is 2.89. The lowest BCUT2D eigenvalue weighted by Crippen LogP contribution is -2.49. The summed E-state index contributed by atoms with van der Waals surface area (Å²) < 4.78 is 22.6. The highest BCUT2D eigenvalue weighted by Gasteiger charge is 2.43. The molecule has 184 valence electrons. The molecular formula is C28H38N2O4. The van der Waals surface area contributed by atoms with Crippen LogP contribution in [-0.4, -0.2) is 53.0 Å². The minimum absolute atomic E-state index is 0.321. The third-order valence-electron chi connectivity index (χ3n) is 8.38. The molecule has 5 rings (SSSR count). The van der Waals surface area contributed by atoms with Gasteiger partial charge in [-0.25, -0.2) is 0 Å². The first kappa shape index (κ1) is 23.3. The lowest BCUT2D eigenvalue weighted by molar-refractivity contribution is 0.0334. The van der Waals surface area contributed by atoms with Gasteiger partial charge in [-0.2, -0.15) is 0 Å². The standard InChI is InChI=1S/C28H38N2O4/c1-6-17-16-30-10-8-19-12-25(32-3)26(33-4)14-20(19)23(30)13-21(17)28-22-15-27(34-5)24(31-2)11-18(22)7-9-29-28/h11-12,14-15,17,21,23,28-29H,6-10,13,16H2,1-5H3. The van der Waals surface area contributed by atoms with Crippen molar-refractivity contribution in [3.8, 4) is 23.0 Å². The van der Waals surface area contributed by atoms with Crippen molar-refractivity contribution < 1.29 is 18.9 Å². The van der Waals surface area contributed by atoms with Crippen LogP contribution in [0, 0.1) is 11.8 Å². The minimum Gasteiger partial charge on any atom is -0.493 e. The fourth-order valence-electron chi connectivity index (χ4n) is 6.60. The zero-order valence-electron chi connectivity index (χ0n) is 21.1. The maximum Gasteiger partial charge on any atom is 0.161 e. The van der Waals surface area contributed by atoms with Crippen LogP contribution in [-0.2, 0) is 12.8 Å². The number of hydrogen-bond donors (Lipinski definition) is 1. The molecule has 1 saturated heterocycles.